The number of aliphatic hydroxyl groups is 1. The zero-order chi connectivity index (χ0) is 24.3. The second-order valence-electron chi connectivity index (χ2n) is 9.83. The van der Waals surface area contributed by atoms with Gasteiger partial charge in [0.25, 0.3) is 0 Å². The standard InChI is InChI=1S/C26H28FN7O/c1-15-24(19-6-8-20(27)9-7-19)32-33(13-18-4-5-18)25(15)30-21-12-22(29-14-28-21)34-17(3)23(16(2)31-34)26(35)10-11-26/h6-9,12,14,18,35H,4-5,10-11,13H2,1-3H3,(H,28,29,30). The molecule has 0 atom stereocenters. The van der Waals surface area contributed by atoms with Crippen molar-refractivity contribution in [3.63, 3.8) is 0 Å². The molecule has 8 nitrogen and oxygen atoms in total. The van der Waals surface area contributed by atoms with Crippen molar-refractivity contribution in [2.75, 3.05) is 5.32 Å². The zero-order valence-corrected chi connectivity index (χ0v) is 20.1. The normalized spacial score (nSPS) is 16.5. The molecule has 2 aliphatic carbocycles. The van der Waals surface area contributed by atoms with Gasteiger partial charge in [-0.2, -0.15) is 10.2 Å². The Morgan fingerprint density at radius 2 is 1.83 bits per heavy atom. The summed E-state index contributed by atoms with van der Waals surface area (Å²) in [5.41, 5.74) is 4.51. The molecule has 2 N–H and O–H groups in total. The SMILES string of the molecule is Cc1nn(-c2cc(Nc3c(C)c(-c4ccc(F)cc4)nn3CC3CC3)ncn2)c(C)c1C1(O)CC1. The lowest BCUT2D eigenvalue weighted by Crippen LogP contribution is -2.10. The van der Waals surface area contributed by atoms with Crippen LogP contribution in [0.4, 0.5) is 16.0 Å². The highest BCUT2D eigenvalue weighted by Crippen LogP contribution is 2.48. The molecule has 2 saturated carbocycles. The van der Waals surface area contributed by atoms with Crippen LogP contribution in [0.1, 0.15) is 48.2 Å². The molecule has 0 amide bonds. The van der Waals surface area contributed by atoms with Gasteiger partial charge >= 0.3 is 0 Å². The third-order valence-electron chi connectivity index (χ3n) is 7.03. The van der Waals surface area contributed by atoms with Gasteiger partial charge in [0.15, 0.2) is 5.82 Å². The van der Waals surface area contributed by atoms with Crippen LogP contribution >= 0.6 is 0 Å². The van der Waals surface area contributed by atoms with Crippen molar-refractivity contribution in [2.24, 2.45) is 5.92 Å². The summed E-state index contributed by atoms with van der Waals surface area (Å²) in [5.74, 6) is 2.47. The van der Waals surface area contributed by atoms with E-state index in [-0.39, 0.29) is 5.82 Å². The smallest absolute Gasteiger partial charge is 0.159 e. The number of hydrogen-bond acceptors (Lipinski definition) is 6. The molecular weight excluding hydrogens is 445 g/mol. The topological polar surface area (TPSA) is 93.7 Å². The predicted molar refractivity (Wildman–Crippen MR) is 130 cm³/mol. The number of aryl methyl sites for hydroxylation is 1. The van der Waals surface area contributed by atoms with Crippen LogP contribution in [0.2, 0.25) is 0 Å². The molecule has 2 fully saturated rings. The van der Waals surface area contributed by atoms with E-state index in [1.165, 1.54) is 31.3 Å². The Bertz CT molecular complexity index is 1410. The molecule has 2 aliphatic rings. The van der Waals surface area contributed by atoms with Crippen LogP contribution < -0.4 is 5.32 Å². The number of benzene rings is 1. The van der Waals surface area contributed by atoms with Gasteiger partial charge in [0.05, 0.1) is 17.0 Å². The van der Waals surface area contributed by atoms with Crippen LogP contribution in [-0.4, -0.2) is 34.6 Å². The van der Waals surface area contributed by atoms with Crippen LogP contribution in [0, 0.1) is 32.5 Å². The largest absolute Gasteiger partial charge is 0.385 e. The molecule has 0 spiro atoms. The first kappa shape index (κ1) is 21.9. The van der Waals surface area contributed by atoms with Crippen molar-refractivity contribution in [1.82, 2.24) is 29.5 Å². The van der Waals surface area contributed by atoms with E-state index in [9.17, 15) is 9.50 Å². The summed E-state index contributed by atoms with van der Waals surface area (Å²) in [6, 6.07) is 8.28. The molecule has 3 heterocycles. The Kier molecular flexibility index (Phi) is 5.00. The van der Waals surface area contributed by atoms with E-state index < -0.39 is 5.60 Å². The molecule has 180 valence electrons. The first-order valence-electron chi connectivity index (χ1n) is 12.0. The molecule has 0 bridgehead atoms. The molecule has 6 rings (SSSR count). The van der Waals surface area contributed by atoms with Gasteiger partial charge in [0, 0.05) is 35.0 Å². The lowest BCUT2D eigenvalue weighted by molar-refractivity contribution is 0.150. The second kappa shape index (κ2) is 7.98. The third kappa shape index (κ3) is 3.99. The highest BCUT2D eigenvalue weighted by molar-refractivity contribution is 5.71. The van der Waals surface area contributed by atoms with E-state index in [1.807, 2.05) is 31.5 Å². The lowest BCUT2D eigenvalue weighted by atomic mass is 10.1. The third-order valence-corrected chi connectivity index (χ3v) is 7.03. The van der Waals surface area contributed by atoms with Crippen LogP contribution in [0.25, 0.3) is 17.1 Å². The zero-order valence-electron chi connectivity index (χ0n) is 20.1. The fraction of sp³-hybridized carbons (Fsp3) is 0.385. The summed E-state index contributed by atoms with van der Waals surface area (Å²) in [5, 5.41) is 23.7. The number of hydrogen-bond donors (Lipinski definition) is 2. The molecule has 35 heavy (non-hydrogen) atoms. The maximum absolute atomic E-state index is 13.5. The van der Waals surface area contributed by atoms with E-state index in [1.54, 1.807) is 16.8 Å². The van der Waals surface area contributed by atoms with Crippen molar-refractivity contribution >= 4 is 11.6 Å². The van der Waals surface area contributed by atoms with Gasteiger partial charge < -0.3 is 10.4 Å². The van der Waals surface area contributed by atoms with Crippen molar-refractivity contribution in [2.45, 2.75) is 58.6 Å². The predicted octanol–water partition coefficient (Wildman–Crippen LogP) is 4.73. The van der Waals surface area contributed by atoms with Gasteiger partial charge in [-0.05, 0) is 76.6 Å². The molecule has 0 radical (unpaired) electrons. The highest BCUT2D eigenvalue weighted by atomic mass is 19.1. The maximum Gasteiger partial charge on any atom is 0.159 e. The average molecular weight is 474 g/mol. The van der Waals surface area contributed by atoms with Crippen molar-refractivity contribution < 1.29 is 9.50 Å². The Morgan fingerprint density at radius 3 is 2.51 bits per heavy atom. The molecule has 0 aliphatic heterocycles. The number of halogens is 1. The Labute approximate surface area is 202 Å². The number of rotatable bonds is 7. The van der Waals surface area contributed by atoms with Gasteiger partial charge in [0.1, 0.15) is 23.8 Å². The summed E-state index contributed by atoms with van der Waals surface area (Å²) in [4.78, 5) is 8.89. The summed E-state index contributed by atoms with van der Waals surface area (Å²) in [7, 11) is 0. The Hall–Kier alpha value is -3.59. The number of aromatic nitrogens is 6. The second-order valence-corrected chi connectivity index (χ2v) is 9.83. The van der Waals surface area contributed by atoms with Gasteiger partial charge in [-0.3, -0.25) is 0 Å². The van der Waals surface area contributed by atoms with E-state index in [4.69, 9.17) is 5.10 Å². The minimum Gasteiger partial charge on any atom is -0.385 e. The first-order valence-corrected chi connectivity index (χ1v) is 12.0. The summed E-state index contributed by atoms with van der Waals surface area (Å²) < 4.78 is 17.3. The van der Waals surface area contributed by atoms with E-state index in [0.717, 1.165) is 59.0 Å². The fourth-order valence-corrected chi connectivity index (χ4v) is 4.83. The van der Waals surface area contributed by atoms with Gasteiger partial charge in [0.2, 0.25) is 0 Å². The molecule has 4 aromatic rings. The van der Waals surface area contributed by atoms with Gasteiger partial charge in [-0.15, -0.1) is 0 Å². The summed E-state index contributed by atoms with van der Waals surface area (Å²) in [6.45, 7) is 6.72. The monoisotopic (exact) mass is 473 g/mol. The van der Waals surface area contributed by atoms with E-state index in [2.05, 4.69) is 20.4 Å². The number of nitrogens with zero attached hydrogens (tertiary/aromatic N) is 6. The minimum atomic E-state index is -0.760. The minimum absolute atomic E-state index is 0.267. The Morgan fingerprint density at radius 1 is 1.09 bits per heavy atom. The molecular formula is C26H28FN7O. The molecule has 0 unspecified atom stereocenters. The quantitative estimate of drug-likeness (QED) is 0.403. The fourth-order valence-electron chi connectivity index (χ4n) is 4.83. The molecule has 3 aromatic heterocycles. The summed E-state index contributed by atoms with van der Waals surface area (Å²) >= 11 is 0. The van der Waals surface area contributed by atoms with E-state index in [0.29, 0.717) is 17.6 Å². The Balaban J connectivity index is 1.36. The molecule has 0 saturated heterocycles. The average Bonchev–Trinajstić information content (AvgIpc) is 3.75. The maximum atomic E-state index is 13.5. The van der Waals surface area contributed by atoms with Crippen LogP contribution in [0.15, 0.2) is 36.7 Å². The van der Waals surface area contributed by atoms with Crippen molar-refractivity contribution in [1.29, 1.82) is 0 Å². The van der Waals surface area contributed by atoms with Crippen LogP contribution in [-0.2, 0) is 12.1 Å². The first-order chi connectivity index (χ1) is 16.8. The van der Waals surface area contributed by atoms with Crippen LogP contribution in [0.5, 0.6) is 0 Å². The molecule has 9 heteroatoms. The van der Waals surface area contributed by atoms with Crippen molar-refractivity contribution in [3.8, 4) is 17.1 Å². The molecule has 1 aromatic carbocycles. The van der Waals surface area contributed by atoms with Gasteiger partial charge in [-0.25, -0.2) is 23.7 Å². The highest BCUT2D eigenvalue weighted by Gasteiger charge is 2.46. The number of anilines is 2. The van der Waals surface area contributed by atoms with E-state index >= 15 is 0 Å². The lowest BCUT2D eigenvalue weighted by Gasteiger charge is -2.12. The van der Waals surface area contributed by atoms with Gasteiger partial charge in [-0.1, -0.05) is 0 Å². The van der Waals surface area contributed by atoms with Crippen LogP contribution in [0.3, 0.4) is 0 Å². The summed E-state index contributed by atoms with van der Waals surface area (Å²) in [6.07, 6.45) is 5.44. The number of nitrogens with one attached hydrogen (secondary N) is 1. The van der Waals surface area contributed by atoms with Crippen molar-refractivity contribution in [3.05, 3.63) is 65.0 Å².